The van der Waals surface area contributed by atoms with Crippen molar-refractivity contribution in [1.29, 1.82) is 0 Å². The maximum Gasteiger partial charge on any atom is 0.328 e. The summed E-state index contributed by atoms with van der Waals surface area (Å²) in [5.41, 5.74) is 6.58. The lowest BCUT2D eigenvalue weighted by molar-refractivity contribution is -0.144. The van der Waals surface area contributed by atoms with Gasteiger partial charge in [-0.05, 0) is 30.2 Å². The van der Waals surface area contributed by atoms with Gasteiger partial charge in [-0.1, -0.05) is 13.8 Å². The summed E-state index contributed by atoms with van der Waals surface area (Å²) in [4.78, 5) is 23.4. The summed E-state index contributed by atoms with van der Waals surface area (Å²) < 4.78 is 4.66. The molecular formula is C13H18N2O3. The molecule has 0 saturated carbocycles. The number of nitrogens with two attached hydrogens (primary N) is 1. The maximum absolute atomic E-state index is 11.9. The van der Waals surface area contributed by atoms with Crippen molar-refractivity contribution in [2.75, 3.05) is 12.8 Å². The van der Waals surface area contributed by atoms with Crippen LogP contribution in [-0.4, -0.2) is 25.0 Å². The van der Waals surface area contributed by atoms with E-state index in [0.717, 1.165) is 0 Å². The van der Waals surface area contributed by atoms with Gasteiger partial charge in [-0.15, -0.1) is 0 Å². The Hall–Kier alpha value is -2.04. The molecule has 0 unspecified atom stereocenters. The largest absolute Gasteiger partial charge is 0.467 e. The Morgan fingerprint density at radius 2 is 1.78 bits per heavy atom. The van der Waals surface area contributed by atoms with Crippen LogP contribution in [0.3, 0.4) is 0 Å². The van der Waals surface area contributed by atoms with Crippen LogP contribution in [0, 0.1) is 5.92 Å². The second kappa shape index (κ2) is 6.05. The van der Waals surface area contributed by atoms with Gasteiger partial charge < -0.3 is 15.8 Å². The second-order valence-corrected chi connectivity index (χ2v) is 4.34. The van der Waals surface area contributed by atoms with E-state index in [4.69, 9.17) is 5.73 Å². The molecule has 0 aliphatic heterocycles. The first-order chi connectivity index (χ1) is 8.45. The van der Waals surface area contributed by atoms with Gasteiger partial charge >= 0.3 is 5.97 Å². The monoisotopic (exact) mass is 250 g/mol. The summed E-state index contributed by atoms with van der Waals surface area (Å²) in [6, 6.07) is 5.84. The summed E-state index contributed by atoms with van der Waals surface area (Å²) in [7, 11) is 1.30. The van der Waals surface area contributed by atoms with E-state index in [0.29, 0.717) is 11.3 Å². The number of benzene rings is 1. The smallest absolute Gasteiger partial charge is 0.328 e. The molecule has 0 aliphatic carbocycles. The molecule has 0 fully saturated rings. The van der Waals surface area contributed by atoms with E-state index in [2.05, 4.69) is 10.1 Å². The molecule has 0 aromatic heterocycles. The molecule has 5 nitrogen and oxygen atoms in total. The van der Waals surface area contributed by atoms with Crippen molar-refractivity contribution >= 4 is 17.6 Å². The average molecular weight is 250 g/mol. The zero-order valence-electron chi connectivity index (χ0n) is 10.8. The SMILES string of the molecule is COC(=O)[C@@H](NC(=O)c1ccc(N)cc1)C(C)C. The van der Waals surface area contributed by atoms with E-state index in [-0.39, 0.29) is 11.8 Å². The molecule has 1 amide bonds. The van der Waals surface area contributed by atoms with Crippen molar-refractivity contribution in [3.8, 4) is 0 Å². The molecule has 0 spiro atoms. The zero-order valence-corrected chi connectivity index (χ0v) is 10.8. The van der Waals surface area contributed by atoms with E-state index in [1.807, 2.05) is 13.8 Å². The Bertz CT molecular complexity index is 426. The first-order valence-corrected chi connectivity index (χ1v) is 5.70. The van der Waals surface area contributed by atoms with E-state index in [1.165, 1.54) is 7.11 Å². The molecule has 1 atom stereocenters. The highest BCUT2D eigenvalue weighted by atomic mass is 16.5. The molecular weight excluding hydrogens is 232 g/mol. The summed E-state index contributed by atoms with van der Waals surface area (Å²) in [6.07, 6.45) is 0. The van der Waals surface area contributed by atoms with Crippen molar-refractivity contribution in [2.24, 2.45) is 5.92 Å². The molecule has 5 heteroatoms. The topological polar surface area (TPSA) is 81.4 Å². The number of amides is 1. The van der Waals surface area contributed by atoms with Crippen LogP contribution in [0.1, 0.15) is 24.2 Å². The van der Waals surface area contributed by atoms with Crippen molar-refractivity contribution in [3.63, 3.8) is 0 Å². The second-order valence-electron chi connectivity index (χ2n) is 4.34. The summed E-state index contributed by atoms with van der Waals surface area (Å²) in [6.45, 7) is 3.68. The Morgan fingerprint density at radius 1 is 1.22 bits per heavy atom. The number of rotatable bonds is 4. The van der Waals surface area contributed by atoms with Gasteiger partial charge in [0.25, 0.3) is 5.91 Å². The lowest BCUT2D eigenvalue weighted by Gasteiger charge is -2.19. The first-order valence-electron chi connectivity index (χ1n) is 5.70. The van der Waals surface area contributed by atoms with Gasteiger partial charge in [0.2, 0.25) is 0 Å². The van der Waals surface area contributed by atoms with Crippen LogP contribution < -0.4 is 11.1 Å². The Balaban J connectivity index is 2.78. The summed E-state index contributed by atoms with van der Waals surface area (Å²) in [5.74, 6) is -0.817. The van der Waals surface area contributed by atoms with Crippen LogP contribution in [0.5, 0.6) is 0 Å². The molecule has 1 rings (SSSR count). The van der Waals surface area contributed by atoms with Crippen LogP contribution in [0.4, 0.5) is 5.69 Å². The van der Waals surface area contributed by atoms with Crippen LogP contribution in [0.25, 0.3) is 0 Å². The lowest BCUT2D eigenvalue weighted by atomic mass is 10.0. The fraction of sp³-hybridized carbons (Fsp3) is 0.385. The van der Waals surface area contributed by atoms with Gasteiger partial charge in [-0.3, -0.25) is 4.79 Å². The number of carbonyl (C=O) groups is 2. The molecule has 0 radical (unpaired) electrons. The van der Waals surface area contributed by atoms with Gasteiger partial charge in [-0.2, -0.15) is 0 Å². The molecule has 0 heterocycles. The predicted octanol–water partition coefficient (Wildman–Crippen LogP) is 1.20. The third kappa shape index (κ3) is 3.48. The molecule has 1 aromatic rings. The molecule has 98 valence electrons. The van der Waals surface area contributed by atoms with Gasteiger partial charge in [0.1, 0.15) is 6.04 Å². The van der Waals surface area contributed by atoms with Crippen LogP contribution >= 0.6 is 0 Å². The number of hydrogen-bond acceptors (Lipinski definition) is 4. The predicted molar refractivity (Wildman–Crippen MR) is 69.0 cm³/mol. The number of nitrogens with one attached hydrogen (secondary N) is 1. The van der Waals surface area contributed by atoms with Crippen molar-refractivity contribution in [3.05, 3.63) is 29.8 Å². The average Bonchev–Trinajstić information content (AvgIpc) is 2.35. The molecule has 1 aromatic carbocycles. The van der Waals surface area contributed by atoms with E-state index in [9.17, 15) is 9.59 Å². The van der Waals surface area contributed by atoms with Gasteiger partial charge in [0.05, 0.1) is 7.11 Å². The highest BCUT2D eigenvalue weighted by Crippen LogP contribution is 2.08. The van der Waals surface area contributed by atoms with Crippen molar-refractivity contribution in [2.45, 2.75) is 19.9 Å². The maximum atomic E-state index is 11.9. The highest BCUT2D eigenvalue weighted by molar-refractivity contribution is 5.97. The number of ether oxygens (including phenoxy) is 1. The minimum Gasteiger partial charge on any atom is -0.467 e. The number of anilines is 1. The van der Waals surface area contributed by atoms with Gasteiger partial charge in [-0.25, -0.2) is 4.79 Å². The van der Waals surface area contributed by atoms with Crippen LogP contribution in [-0.2, 0) is 9.53 Å². The normalized spacial score (nSPS) is 12.0. The Labute approximate surface area is 106 Å². The van der Waals surface area contributed by atoms with Crippen LogP contribution in [0.2, 0.25) is 0 Å². The highest BCUT2D eigenvalue weighted by Gasteiger charge is 2.25. The third-order valence-electron chi connectivity index (χ3n) is 2.58. The quantitative estimate of drug-likeness (QED) is 0.621. The Morgan fingerprint density at radius 3 is 2.22 bits per heavy atom. The number of nitrogen functional groups attached to an aromatic ring is 1. The standard InChI is InChI=1S/C13H18N2O3/c1-8(2)11(13(17)18-3)15-12(16)9-4-6-10(14)7-5-9/h4-8,11H,14H2,1-3H3,(H,15,16)/t11-/m0/s1. The minimum absolute atomic E-state index is 0.0461. The summed E-state index contributed by atoms with van der Waals surface area (Å²) >= 11 is 0. The first kappa shape index (κ1) is 14.0. The van der Waals surface area contributed by atoms with Gasteiger partial charge in [0, 0.05) is 11.3 Å². The van der Waals surface area contributed by atoms with Crippen LogP contribution in [0.15, 0.2) is 24.3 Å². The molecule has 0 bridgehead atoms. The summed E-state index contributed by atoms with van der Waals surface area (Å²) in [5, 5.41) is 2.65. The number of carbonyl (C=O) groups excluding carboxylic acids is 2. The van der Waals surface area contributed by atoms with Crippen molar-refractivity contribution < 1.29 is 14.3 Å². The van der Waals surface area contributed by atoms with Gasteiger partial charge in [0.15, 0.2) is 0 Å². The van der Waals surface area contributed by atoms with Crippen molar-refractivity contribution in [1.82, 2.24) is 5.32 Å². The fourth-order valence-corrected chi connectivity index (χ4v) is 1.48. The Kier molecular flexibility index (Phi) is 4.71. The third-order valence-corrected chi connectivity index (χ3v) is 2.58. The number of methoxy groups -OCH3 is 1. The molecule has 3 N–H and O–H groups in total. The number of hydrogen-bond donors (Lipinski definition) is 2. The molecule has 0 saturated heterocycles. The van der Waals surface area contributed by atoms with E-state index in [1.54, 1.807) is 24.3 Å². The zero-order chi connectivity index (χ0) is 13.7. The number of esters is 1. The lowest BCUT2D eigenvalue weighted by Crippen LogP contribution is -2.45. The van der Waals surface area contributed by atoms with E-state index >= 15 is 0 Å². The molecule has 0 aliphatic rings. The van der Waals surface area contributed by atoms with E-state index < -0.39 is 12.0 Å². The fourth-order valence-electron chi connectivity index (χ4n) is 1.48. The minimum atomic E-state index is -0.653. The molecule has 18 heavy (non-hydrogen) atoms.